The Balaban J connectivity index is 2.64. The lowest BCUT2D eigenvalue weighted by atomic mass is 10.5. The molecule has 0 aromatic carbocycles. The van der Waals surface area contributed by atoms with Crippen LogP contribution in [0.5, 0.6) is 0 Å². The lowest BCUT2D eigenvalue weighted by molar-refractivity contribution is -0.123. The summed E-state index contributed by atoms with van der Waals surface area (Å²) in [7, 11) is 3.44. The van der Waals surface area contributed by atoms with Crippen LogP contribution in [0, 0.1) is 0 Å². The van der Waals surface area contributed by atoms with E-state index in [9.17, 15) is 4.79 Å². The summed E-state index contributed by atoms with van der Waals surface area (Å²) in [5.41, 5.74) is 0.928. The summed E-state index contributed by atoms with van der Waals surface area (Å²) in [4.78, 5) is 16.6. The van der Waals surface area contributed by atoms with Gasteiger partial charge in [0.2, 0.25) is 5.91 Å². The molecule has 1 amide bonds. The van der Waals surface area contributed by atoms with Crippen molar-refractivity contribution in [1.29, 1.82) is 0 Å². The molecule has 0 aliphatic heterocycles. The number of carbonyl (C=O) groups excluding carboxylic acids is 1. The fourth-order valence-corrected chi connectivity index (χ4v) is 0.791. The molecule has 0 aliphatic carbocycles. The minimum absolute atomic E-state index is 0.0242. The molecule has 0 N–H and O–H groups in total. The zero-order valence-corrected chi connectivity index (χ0v) is 7.77. The van der Waals surface area contributed by atoms with E-state index in [0.717, 1.165) is 5.56 Å². The van der Waals surface area contributed by atoms with Gasteiger partial charge in [0.1, 0.15) is 0 Å². The van der Waals surface area contributed by atoms with Crippen molar-refractivity contribution in [2.24, 2.45) is 0 Å². The Labute approximate surface area is 77.7 Å². The quantitative estimate of drug-likeness (QED) is 0.639. The van der Waals surface area contributed by atoms with Crippen LogP contribution >= 0.6 is 0 Å². The first-order valence-electron chi connectivity index (χ1n) is 3.99. The molecule has 68 valence electrons. The van der Waals surface area contributed by atoms with Crippen molar-refractivity contribution in [3.8, 4) is 0 Å². The fourth-order valence-electron chi connectivity index (χ4n) is 0.791. The highest BCUT2D eigenvalue weighted by molar-refractivity contribution is 5.91. The van der Waals surface area contributed by atoms with Gasteiger partial charge in [-0.3, -0.25) is 9.78 Å². The Hall–Kier alpha value is -1.64. The third kappa shape index (κ3) is 3.07. The molecule has 1 rings (SSSR count). The van der Waals surface area contributed by atoms with Crippen LogP contribution in [0.15, 0.2) is 30.6 Å². The van der Waals surface area contributed by atoms with Gasteiger partial charge in [0, 0.05) is 32.6 Å². The van der Waals surface area contributed by atoms with Gasteiger partial charge < -0.3 is 4.90 Å². The Morgan fingerprint density at radius 1 is 1.54 bits per heavy atom. The average Bonchev–Trinajstić information content (AvgIpc) is 2.15. The maximum atomic E-state index is 11.1. The Morgan fingerprint density at radius 2 is 2.31 bits per heavy atom. The second kappa shape index (κ2) is 4.40. The molecule has 0 spiro atoms. The smallest absolute Gasteiger partial charge is 0.246 e. The largest absolute Gasteiger partial charge is 0.345 e. The summed E-state index contributed by atoms with van der Waals surface area (Å²) in [6.07, 6.45) is 6.68. The first-order valence-corrected chi connectivity index (χ1v) is 3.99. The van der Waals surface area contributed by atoms with E-state index in [-0.39, 0.29) is 5.91 Å². The molecule has 0 aliphatic rings. The number of pyridine rings is 1. The highest BCUT2D eigenvalue weighted by Crippen LogP contribution is 1.98. The summed E-state index contributed by atoms with van der Waals surface area (Å²) in [6.45, 7) is 0. The van der Waals surface area contributed by atoms with Crippen LogP contribution in [-0.4, -0.2) is 29.9 Å². The van der Waals surface area contributed by atoms with E-state index >= 15 is 0 Å². The number of rotatable bonds is 2. The SMILES string of the molecule is CN(C)C(=O)C=C[13c]1[13cH]ccn[13cH]1. The zero-order chi connectivity index (χ0) is 9.68. The topological polar surface area (TPSA) is 33.2 Å². The van der Waals surface area contributed by atoms with Crippen LogP contribution in [-0.2, 0) is 4.79 Å². The van der Waals surface area contributed by atoms with Gasteiger partial charge in [-0.25, -0.2) is 0 Å². The molecule has 0 atom stereocenters. The predicted molar refractivity (Wildman–Crippen MR) is 52.0 cm³/mol. The molecule has 0 bridgehead atoms. The first kappa shape index (κ1) is 9.45. The molecular weight excluding hydrogens is 167 g/mol. The summed E-state index contributed by atoms with van der Waals surface area (Å²) < 4.78 is 0. The Bertz CT molecular complexity index is 304. The van der Waals surface area contributed by atoms with Gasteiger partial charge in [-0.2, -0.15) is 0 Å². The van der Waals surface area contributed by atoms with Crippen LogP contribution in [0.25, 0.3) is 6.08 Å². The second-order valence-electron chi connectivity index (χ2n) is 2.85. The molecule has 0 radical (unpaired) electrons. The summed E-state index contributed by atoms with van der Waals surface area (Å²) >= 11 is 0. The van der Waals surface area contributed by atoms with Crippen LogP contribution in [0.4, 0.5) is 0 Å². The highest BCUT2D eigenvalue weighted by Gasteiger charge is 1.95. The molecule has 3 nitrogen and oxygen atoms in total. The molecule has 0 saturated carbocycles. The standard InChI is InChI=1S/C10H12N2O/c1-12(2)10(13)6-5-9-4-3-7-11-8-9/h3-8H,1-2H3/i4+1,8+1,9+1. The van der Waals surface area contributed by atoms with E-state index in [1.807, 2.05) is 12.1 Å². The normalized spacial score (nSPS) is 10.3. The number of amides is 1. The lowest BCUT2D eigenvalue weighted by Crippen LogP contribution is -2.18. The molecule has 13 heavy (non-hydrogen) atoms. The molecule has 0 fully saturated rings. The van der Waals surface area contributed by atoms with Gasteiger partial charge in [-0.15, -0.1) is 0 Å². The minimum Gasteiger partial charge on any atom is -0.345 e. The van der Waals surface area contributed by atoms with Gasteiger partial charge in [-0.1, -0.05) is 6.07 Å². The summed E-state index contributed by atoms with van der Waals surface area (Å²) in [5, 5.41) is 0. The van der Waals surface area contributed by atoms with Gasteiger partial charge >= 0.3 is 0 Å². The van der Waals surface area contributed by atoms with Crippen molar-refractivity contribution in [2.45, 2.75) is 0 Å². The van der Waals surface area contributed by atoms with Crippen molar-refractivity contribution in [3.63, 3.8) is 0 Å². The number of hydrogen-bond donors (Lipinski definition) is 0. The van der Waals surface area contributed by atoms with E-state index in [2.05, 4.69) is 4.98 Å². The van der Waals surface area contributed by atoms with Crippen LogP contribution in [0.2, 0.25) is 0 Å². The van der Waals surface area contributed by atoms with Crippen LogP contribution in [0.3, 0.4) is 0 Å². The number of carbonyl (C=O) groups is 1. The maximum absolute atomic E-state index is 11.1. The molecule has 1 aromatic heterocycles. The van der Waals surface area contributed by atoms with E-state index in [1.165, 1.54) is 11.0 Å². The van der Waals surface area contributed by atoms with E-state index in [1.54, 1.807) is 32.6 Å². The number of likely N-dealkylation sites (N-methyl/N-ethyl adjacent to an activating group) is 1. The molecular formula is C10H12N2O. The van der Waals surface area contributed by atoms with Crippen molar-refractivity contribution in [1.82, 2.24) is 9.88 Å². The lowest BCUT2D eigenvalue weighted by Gasteiger charge is -2.04. The van der Waals surface area contributed by atoms with Crippen LogP contribution < -0.4 is 0 Å². The first-order chi connectivity index (χ1) is 6.20. The Kier molecular flexibility index (Phi) is 3.20. The maximum Gasteiger partial charge on any atom is 0.246 e. The number of aromatic nitrogens is 1. The molecule has 1 aromatic rings. The van der Waals surface area contributed by atoms with E-state index in [0.29, 0.717) is 0 Å². The minimum atomic E-state index is -0.0242. The summed E-state index contributed by atoms with van der Waals surface area (Å²) in [5.74, 6) is -0.0242. The Morgan fingerprint density at radius 3 is 2.85 bits per heavy atom. The van der Waals surface area contributed by atoms with Crippen LogP contribution in [0.1, 0.15) is 5.56 Å². The molecule has 1 heterocycles. The number of hydrogen-bond acceptors (Lipinski definition) is 2. The zero-order valence-electron chi connectivity index (χ0n) is 7.77. The summed E-state index contributed by atoms with van der Waals surface area (Å²) in [6, 6.07) is 3.73. The predicted octanol–water partition coefficient (Wildman–Crippen LogP) is 1.18. The third-order valence-electron chi connectivity index (χ3n) is 1.54. The molecule has 0 saturated heterocycles. The van der Waals surface area contributed by atoms with Gasteiger partial charge in [-0.05, 0) is 17.7 Å². The number of nitrogens with zero attached hydrogens (tertiary/aromatic N) is 2. The third-order valence-corrected chi connectivity index (χ3v) is 1.54. The highest BCUT2D eigenvalue weighted by atomic mass is 16.2. The fraction of sp³-hybridized carbons (Fsp3) is 0.200. The van der Waals surface area contributed by atoms with Crippen molar-refractivity contribution < 1.29 is 4.79 Å². The monoisotopic (exact) mass is 179 g/mol. The van der Waals surface area contributed by atoms with Crippen molar-refractivity contribution >= 4 is 12.0 Å². The van der Waals surface area contributed by atoms with E-state index in [4.69, 9.17) is 0 Å². The van der Waals surface area contributed by atoms with Crippen molar-refractivity contribution in [3.05, 3.63) is 36.2 Å². The average molecular weight is 179 g/mol. The van der Waals surface area contributed by atoms with Gasteiger partial charge in [0.15, 0.2) is 0 Å². The van der Waals surface area contributed by atoms with Gasteiger partial charge in [0.25, 0.3) is 0 Å². The molecule has 3 heteroatoms. The molecule has 0 unspecified atom stereocenters. The second-order valence-corrected chi connectivity index (χ2v) is 2.85. The van der Waals surface area contributed by atoms with E-state index < -0.39 is 0 Å². The van der Waals surface area contributed by atoms with Gasteiger partial charge in [0.05, 0.1) is 0 Å². The van der Waals surface area contributed by atoms with Crippen molar-refractivity contribution in [2.75, 3.05) is 14.1 Å².